The minimum atomic E-state index is -0.612. The molecule has 210 valence electrons. The number of nitrogens with one attached hydrogen (secondary N) is 1. The molecule has 1 fully saturated rings. The van der Waals surface area contributed by atoms with Crippen molar-refractivity contribution in [3.8, 4) is 16.9 Å². The number of nitrogens with zero attached hydrogens (tertiary/aromatic N) is 6. The van der Waals surface area contributed by atoms with Crippen LogP contribution in [0.3, 0.4) is 0 Å². The van der Waals surface area contributed by atoms with Gasteiger partial charge in [0.2, 0.25) is 0 Å². The van der Waals surface area contributed by atoms with Crippen molar-refractivity contribution in [3.63, 3.8) is 0 Å². The number of rotatable bonds is 7. The lowest BCUT2D eigenvalue weighted by Crippen LogP contribution is -2.59. The number of amides is 1. The number of hydrogen-bond donors (Lipinski definition) is 2. The first-order valence-electron chi connectivity index (χ1n) is 14.0. The molecule has 2 aliphatic heterocycles. The Hall–Kier alpha value is -3.76. The highest BCUT2D eigenvalue weighted by Crippen LogP contribution is 2.35. The third-order valence-corrected chi connectivity index (χ3v) is 8.42. The molecule has 2 aromatic carbocycles. The molecule has 0 aliphatic carbocycles. The molecular formula is C30H36FN7O2. The number of aromatic hydroxyl groups is 1. The SMILES string of the molecule is CCc1c(-c2ccc3cnn([C@@H](C)Cn4c(C(=O)N5CC(N(C)C)C5)nc5c4CNCC5)c3c2)ccc(F)c1O. The lowest BCUT2D eigenvalue weighted by molar-refractivity contribution is 0.0382. The molecule has 1 atom stereocenters. The third kappa shape index (κ3) is 4.45. The second-order valence-corrected chi connectivity index (χ2v) is 11.2. The summed E-state index contributed by atoms with van der Waals surface area (Å²) in [6.45, 7) is 7.51. The molecule has 4 heterocycles. The van der Waals surface area contributed by atoms with Gasteiger partial charge in [-0.2, -0.15) is 5.10 Å². The number of hydrogen-bond acceptors (Lipinski definition) is 6. The second kappa shape index (κ2) is 10.3. The Labute approximate surface area is 233 Å². The predicted octanol–water partition coefficient (Wildman–Crippen LogP) is 3.60. The maximum absolute atomic E-state index is 14.1. The van der Waals surface area contributed by atoms with Crippen LogP contribution in [-0.2, 0) is 25.9 Å². The van der Waals surface area contributed by atoms with Crippen LogP contribution >= 0.6 is 0 Å². The van der Waals surface area contributed by atoms with Gasteiger partial charge in [-0.3, -0.25) is 9.48 Å². The molecule has 40 heavy (non-hydrogen) atoms. The summed E-state index contributed by atoms with van der Waals surface area (Å²) in [5, 5.41) is 19.5. The van der Waals surface area contributed by atoms with Gasteiger partial charge in [0, 0.05) is 56.1 Å². The van der Waals surface area contributed by atoms with E-state index in [2.05, 4.69) is 21.7 Å². The van der Waals surface area contributed by atoms with Gasteiger partial charge in [-0.15, -0.1) is 0 Å². The highest BCUT2D eigenvalue weighted by atomic mass is 19.1. The number of benzene rings is 2. The minimum absolute atomic E-state index is 0.0180. The summed E-state index contributed by atoms with van der Waals surface area (Å²) >= 11 is 0. The van der Waals surface area contributed by atoms with Gasteiger partial charge in [0.05, 0.1) is 29.1 Å². The minimum Gasteiger partial charge on any atom is -0.505 e. The molecule has 6 rings (SSSR count). The van der Waals surface area contributed by atoms with Crippen molar-refractivity contribution < 1.29 is 14.3 Å². The lowest BCUT2D eigenvalue weighted by atomic mass is 9.96. The molecule has 9 nitrogen and oxygen atoms in total. The quantitative estimate of drug-likeness (QED) is 0.369. The van der Waals surface area contributed by atoms with Gasteiger partial charge in [0.15, 0.2) is 17.4 Å². The molecule has 2 N–H and O–H groups in total. The first-order chi connectivity index (χ1) is 19.3. The van der Waals surface area contributed by atoms with E-state index in [1.807, 2.05) is 55.0 Å². The molecular weight excluding hydrogens is 509 g/mol. The van der Waals surface area contributed by atoms with Crippen LogP contribution in [-0.4, -0.2) is 79.9 Å². The van der Waals surface area contributed by atoms with Crippen LogP contribution in [0.2, 0.25) is 0 Å². The standard InChI is InChI=1S/C30H36FN7O2/c1-5-22-23(8-9-24(31)28(22)39)19-6-7-20-13-33-38(26(20)12-19)18(2)15-37-27-14-32-11-10-25(27)34-29(37)30(40)36-16-21(17-36)35(3)4/h6-9,12-13,18,21,32,39H,5,10-11,14-17H2,1-4H3/t18-/m0/s1. The van der Waals surface area contributed by atoms with Gasteiger partial charge < -0.3 is 24.8 Å². The van der Waals surface area contributed by atoms with Crippen LogP contribution < -0.4 is 5.32 Å². The van der Waals surface area contributed by atoms with Gasteiger partial charge in [0.1, 0.15) is 0 Å². The summed E-state index contributed by atoms with van der Waals surface area (Å²) in [7, 11) is 4.09. The van der Waals surface area contributed by atoms with Gasteiger partial charge in [-0.1, -0.05) is 25.1 Å². The zero-order valence-corrected chi connectivity index (χ0v) is 23.5. The van der Waals surface area contributed by atoms with Crippen molar-refractivity contribution in [3.05, 3.63) is 65.1 Å². The fourth-order valence-electron chi connectivity index (χ4n) is 5.93. The van der Waals surface area contributed by atoms with E-state index in [0.29, 0.717) is 50.0 Å². The zero-order valence-electron chi connectivity index (χ0n) is 23.5. The molecule has 1 saturated heterocycles. The summed E-state index contributed by atoms with van der Waals surface area (Å²) in [6.07, 6.45) is 3.15. The summed E-state index contributed by atoms with van der Waals surface area (Å²) in [4.78, 5) is 22.4. The van der Waals surface area contributed by atoms with Gasteiger partial charge in [-0.05, 0) is 50.7 Å². The van der Waals surface area contributed by atoms with Crippen LogP contribution in [0.25, 0.3) is 22.0 Å². The first kappa shape index (κ1) is 26.5. The van der Waals surface area contributed by atoms with E-state index < -0.39 is 5.82 Å². The third-order valence-electron chi connectivity index (χ3n) is 8.42. The topological polar surface area (TPSA) is 91.5 Å². The summed E-state index contributed by atoms with van der Waals surface area (Å²) in [5.41, 5.74) is 5.28. The molecule has 0 saturated carbocycles. The van der Waals surface area contributed by atoms with Crippen molar-refractivity contribution in [1.82, 2.24) is 34.4 Å². The fourth-order valence-corrected chi connectivity index (χ4v) is 5.93. The number of carbonyl (C=O) groups excluding carboxylic acids is 1. The number of imidazole rings is 1. The predicted molar refractivity (Wildman–Crippen MR) is 152 cm³/mol. The van der Waals surface area contributed by atoms with E-state index in [0.717, 1.165) is 46.4 Å². The Bertz CT molecular complexity index is 1580. The van der Waals surface area contributed by atoms with E-state index in [1.165, 1.54) is 6.07 Å². The average Bonchev–Trinajstić information content (AvgIpc) is 3.50. The molecule has 2 aromatic heterocycles. The normalized spacial score (nSPS) is 16.4. The van der Waals surface area contributed by atoms with Crippen molar-refractivity contribution in [2.75, 3.05) is 33.7 Å². The lowest BCUT2D eigenvalue weighted by Gasteiger charge is -2.42. The Kier molecular flexibility index (Phi) is 6.83. The van der Waals surface area contributed by atoms with Crippen LogP contribution in [0, 0.1) is 5.82 Å². The number of phenols is 1. The number of aromatic nitrogens is 4. The maximum atomic E-state index is 14.1. The molecule has 0 bridgehead atoms. The summed E-state index contributed by atoms with van der Waals surface area (Å²) in [6, 6.07) is 9.36. The number of likely N-dealkylation sites (tertiary alicyclic amines) is 1. The monoisotopic (exact) mass is 545 g/mol. The molecule has 4 aromatic rings. The van der Waals surface area contributed by atoms with Crippen LogP contribution in [0.5, 0.6) is 5.75 Å². The largest absolute Gasteiger partial charge is 0.505 e. The van der Waals surface area contributed by atoms with E-state index in [9.17, 15) is 14.3 Å². The molecule has 0 radical (unpaired) electrons. The van der Waals surface area contributed by atoms with Gasteiger partial charge in [-0.25, -0.2) is 9.37 Å². The van der Waals surface area contributed by atoms with E-state index >= 15 is 0 Å². The Balaban J connectivity index is 1.33. The van der Waals surface area contributed by atoms with Crippen molar-refractivity contribution >= 4 is 16.8 Å². The molecule has 0 unspecified atom stereocenters. The molecule has 1 amide bonds. The Morgan fingerprint density at radius 2 is 2.05 bits per heavy atom. The number of fused-ring (bicyclic) bond motifs is 2. The molecule has 10 heteroatoms. The Morgan fingerprint density at radius 1 is 1.25 bits per heavy atom. The van der Waals surface area contributed by atoms with E-state index in [-0.39, 0.29) is 17.7 Å². The molecule has 2 aliphatic rings. The van der Waals surface area contributed by atoms with E-state index in [4.69, 9.17) is 10.1 Å². The number of phenolic OH excluding ortho intramolecular Hbond substituents is 1. The fraction of sp³-hybridized carbons (Fsp3) is 0.433. The average molecular weight is 546 g/mol. The second-order valence-electron chi connectivity index (χ2n) is 11.2. The van der Waals surface area contributed by atoms with Gasteiger partial charge >= 0.3 is 0 Å². The number of halogens is 1. The number of carbonyl (C=O) groups is 1. The van der Waals surface area contributed by atoms with Crippen molar-refractivity contribution in [2.24, 2.45) is 0 Å². The van der Waals surface area contributed by atoms with Gasteiger partial charge in [0.25, 0.3) is 5.91 Å². The van der Waals surface area contributed by atoms with Crippen LogP contribution in [0.15, 0.2) is 36.5 Å². The van der Waals surface area contributed by atoms with Crippen molar-refractivity contribution in [2.45, 2.75) is 51.9 Å². The number of likely N-dealkylation sites (N-methyl/N-ethyl adjacent to an activating group) is 1. The summed E-state index contributed by atoms with van der Waals surface area (Å²) < 4.78 is 18.1. The van der Waals surface area contributed by atoms with E-state index in [1.54, 1.807) is 6.07 Å². The van der Waals surface area contributed by atoms with Crippen LogP contribution in [0.1, 0.15) is 47.5 Å². The first-order valence-corrected chi connectivity index (χ1v) is 14.0. The smallest absolute Gasteiger partial charge is 0.289 e. The summed E-state index contributed by atoms with van der Waals surface area (Å²) in [5.74, 6) is -0.420. The highest BCUT2D eigenvalue weighted by Gasteiger charge is 2.36. The zero-order chi connectivity index (χ0) is 28.1. The molecule has 0 spiro atoms. The maximum Gasteiger partial charge on any atom is 0.289 e. The van der Waals surface area contributed by atoms with Crippen molar-refractivity contribution in [1.29, 1.82) is 0 Å². The van der Waals surface area contributed by atoms with Crippen LogP contribution in [0.4, 0.5) is 4.39 Å². The highest BCUT2D eigenvalue weighted by molar-refractivity contribution is 5.92. The Morgan fingerprint density at radius 3 is 2.80 bits per heavy atom.